The maximum absolute atomic E-state index is 13.8. The van der Waals surface area contributed by atoms with Gasteiger partial charge in [0.25, 0.3) is 0 Å². The Kier molecular flexibility index (Phi) is 4.96. The fourth-order valence-electron chi connectivity index (χ4n) is 3.51. The number of hydrogen-bond acceptors (Lipinski definition) is 5. The van der Waals surface area contributed by atoms with Crippen LogP contribution in [0.5, 0.6) is 0 Å². The molecule has 2 aromatic rings. The summed E-state index contributed by atoms with van der Waals surface area (Å²) in [5.74, 6) is -1.67. The molecule has 0 unspecified atom stereocenters. The maximum Gasteiger partial charge on any atom is 0.405 e. The van der Waals surface area contributed by atoms with Gasteiger partial charge in [0.05, 0.1) is 16.8 Å². The van der Waals surface area contributed by atoms with E-state index < -0.39 is 23.3 Å². The van der Waals surface area contributed by atoms with Crippen LogP contribution in [0.2, 0.25) is 0 Å². The second-order valence-corrected chi connectivity index (χ2v) is 6.84. The van der Waals surface area contributed by atoms with Gasteiger partial charge in [-0.3, -0.25) is 4.79 Å². The zero-order chi connectivity index (χ0) is 20.5. The lowest BCUT2D eigenvalue weighted by molar-refractivity contribution is 0.112. The Morgan fingerprint density at radius 2 is 2.07 bits per heavy atom. The van der Waals surface area contributed by atoms with E-state index in [0.29, 0.717) is 31.0 Å². The first-order chi connectivity index (χ1) is 13.3. The molecule has 1 saturated heterocycles. The van der Waals surface area contributed by atoms with Crippen molar-refractivity contribution in [3.05, 3.63) is 47.3 Å². The number of hydrogen-bond donors (Lipinski definition) is 2. The Hall–Kier alpha value is -3.54. The van der Waals surface area contributed by atoms with Gasteiger partial charge >= 0.3 is 6.09 Å². The molecule has 1 aliphatic heterocycles. The lowest BCUT2D eigenvalue weighted by Gasteiger charge is -2.28. The molecule has 144 valence electrons. The van der Waals surface area contributed by atoms with Crippen molar-refractivity contribution in [2.45, 2.75) is 18.9 Å². The molecular formula is C19H16F2N4O3. The topological polar surface area (TPSA) is 106 Å². The molecular weight excluding hydrogens is 370 g/mol. The molecule has 9 heteroatoms. The fraction of sp³-hybridized carbons (Fsp3) is 0.263. The number of rotatable bonds is 4. The molecule has 3 rings (SSSR count). The molecule has 2 heterocycles. The highest BCUT2D eigenvalue weighted by molar-refractivity contribution is 5.94. The molecule has 1 atom stereocenters. The highest BCUT2D eigenvalue weighted by Gasteiger charge is 2.37. The van der Waals surface area contributed by atoms with E-state index in [9.17, 15) is 23.6 Å². The number of aldehydes is 1. The highest BCUT2D eigenvalue weighted by atomic mass is 19.1. The summed E-state index contributed by atoms with van der Waals surface area (Å²) in [6.45, 7) is 2.30. The molecule has 1 fully saturated rings. The standard InChI is InChI=1S/C19H16F2N4O3/c1-19(24-18(27)28)2-3-25(10-19)17-12(9-26)8-23-15(7-22)16(17)11-4-13(20)6-14(21)5-11/h4-6,8-9,24H,2-3,10H2,1H3,(H,27,28)/t19-/m0/s1. The Labute approximate surface area is 159 Å². The molecule has 2 N–H and O–H groups in total. The van der Waals surface area contributed by atoms with Crippen LogP contribution in [0.1, 0.15) is 29.4 Å². The van der Waals surface area contributed by atoms with E-state index in [1.54, 1.807) is 11.8 Å². The van der Waals surface area contributed by atoms with Gasteiger partial charge in [0.1, 0.15) is 23.4 Å². The molecule has 0 radical (unpaired) electrons. The predicted octanol–water partition coefficient (Wildman–Crippen LogP) is 2.95. The molecule has 1 amide bonds. The predicted molar refractivity (Wildman–Crippen MR) is 96.1 cm³/mol. The summed E-state index contributed by atoms with van der Waals surface area (Å²) in [4.78, 5) is 28.4. The monoisotopic (exact) mass is 386 g/mol. The highest BCUT2D eigenvalue weighted by Crippen LogP contribution is 2.39. The summed E-state index contributed by atoms with van der Waals surface area (Å²) in [6.07, 6.45) is 1.03. The zero-order valence-electron chi connectivity index (χ0n) is 14.9. The van der Waals surface area contributed by atoms with Crippen LogP contribution in [0.25, 0.3) is 11.1 Å². The van der Waals surface area contributed by atoms with Gasteiger partial charge in [-0.1, -0.05) is 0 Å². The largest absolute Gasteiger partial charge is 0.465 e. The maximum atomic E-state index is 13.8. The van der Waals surface area contributed by atoms with Gasteiger partial charge in [-0.2, -0.15) is 5.26 Å². The van der Waals surface area contributed by atoms with Crippen molar-refractivity contribution in [1.29, 1.82) is 5.26 Å². The van der Waals surface area contributed by atoms with Gasteiger partial charge < -0.3 is 15.3 Å². The van der Waals surface area contributed by atoms with Gasteiger partial charge in [0.15, 0.2) is 6.29 Å². The summed E-state index contributed by atoms with van der Waals surface area (Å²) in [7, 11) is 0. The van der Waals surface area contributed by atoms with E-state index >= 15 is 0 Å². The van der Waals surface area contributed by atoms with E-state index in [1.165, 1.54) is 6.20 Å². The summed E-state index contributed by atoms with van der Waals surface area (Å²) < 4.78 is 27.6. The van der Waals surface area contributed by atoms with E-state index in [0.717, 1.165) is 12.1 Å². The molecule has 7 nitrogen and oxygen atoms in total. The smallest absolute Gasteiger partial charge is 0.405 e. The van der Waals surface area contributed by atoms with Crippen LogP contribution < -0.4 is 10.2 Å². The lowest BCUT2D eigenvalue weighted by Crippen LogP contribution is -2.47. The average molecular weight is 386 g/mol. The summed E-state index contributed by atoms with van der Waals surface area (Å²) in [5, 5.41) is 21.0. The Morgan fingerprint density at radius 3 is 2.64 bits per heavy atom. The Bertz CT molecular complexity index is 985. The quantitative estimate of drug-likeness (QED) is 0.783. The number of nitrogens with zero attached hydrogens (tertiary/aromatic N) is 3. The number of carboxylic acid groups (broad SMARTS) is 1. The third kappa shape index (κ3) is 3.62. The van der Waals surface area contributed by atoms with Crippen LogP contribution in [-0.2, 0) is 0 Å². The molecule has 0 aliphatic carbocycles. The van der Waals surface area contributed by atoms with Crippen LogP contribution in [0.15, 0.2) is 24.4 Å². The van der Waals surface area contributed by atoms with Crippen LogP contribution in [0.4, 0.5) is 19.3 Å². The molecule has 0 bridgehead atoms. The first-order valence-electron chi connectivity index (χ1n) is 8.37. The van der Waals surface area contributed by atoms with E-state index in [-0.39, 0.29) is 28.9 Å². The molecule has 1 aromatic heterocycles. The number of benzene rings is 1. The van der Waals surface area contributed by atoms with E-state index in [4.69, 9.17) is 5.11 Å². The molecule has 1 aliphatic rings. The number of pyridine rings is 1. The number of anilines is 1. The average Bonchev–Trinajstić information content (AvgIpc) is 3.00. The molecule has 0 spiro atoms. The number of nitrogens with one attached hydrogen (secondary N) is 1. The van der Waals surface area contributed by atoms with Crippen molar-refractivity contribution in [3.8, 4) is 17.2 Å². The van der Waals surface area contributed by atoms with Gasteiger partial charge in [0.2, 0.25) is 0 Å². The number of halogens is 2. The van der Waals surface area contributed by atoms with Crippen LogP contribution in [0.3, 0.4) is 0 Å². The summed E-state index contributed by atoms with van der Waals surface area (Å²) in [6, 6.07) is 4.72. The van der Waals surface area contributed by atoms with Crippen molar-refractivity contribution in [2.24, 2.45) is 0 Å². The van der Waals surface area contributed by atoms with Crippen molar-refractivity contribution < 1.29 is 23.5 Å². The van der Waals surface area contributed by atoms with Crippen LogP contribution >= 0.6 is 0 Å². The SMILES string of the molecule is C[C@]1(NC(=O)O)CCN(c2c(C=O)cnc(C#N)c2-c2cc(F)cc(F)c2)C1. The zero-order valence-corrected chi connectivity index (χ0v) is 14.9. The fourth-order valence-corrected chi connectivity index (χ4v) is 3.51. The van der Waals surface area contributed by atoms with E-state index in [1.807, 2.05) is 6.07 Å². The number of amides is 1. The normalized spacial score (nSPS) is 18.6. The molecule has 28 heavy (non-hydrogen) atoms. The third-order valence-electron chi connectivity index (χ3n) is 4.66. The van der Waals surface area contributed by atoms with Gasteiger partial charge in [-0.25, -0.2) is 18.6 Å². The first-order valence-corrected chi connectivity index (χ1v) is 8.37. The minimum atomic E-state index is -1.18. The van der Waals surface area contributed by atoms with Crippen molar-refractivity contribution in [1.82, 2.24) is 10.3 Å². The Balaban J connectivity index is 2.19. The summed E-state index contributed by atoms with van der Waals surface area (Å²) >= 11 is 0. The van der Waals surface area contributed by atoms with Gasteiger partial charge in [0, 0.05) is 30.9 Å². The number of carbonyl (C=O) groups excluding carboxylic acids is 1. The van der Waals surface area contributed by atoms with Crippen molar-refractivity contribution >= 4 is 18.1 Å². The molecule has 0 saturated carbocycles. The third-order valence-corrected chi connectivity index (χ3v) is 4.66. The lowest BCUT2D eigenvalue weighted by atomic mass is 9.98. The minimum absolute atomic E-state index is 0.0695. The van der Waals surface area contributed by atoms with Crippen molar-refractivity contribution in [2.75, 3.05) is 18.0 Å². The number of carbonyl (C=O) groups is 2. The first kappa shape index (κ1) is 19.2. The second-order valence-electron chi connectivity index (χ2n) is 6.84. The van der Waals surface area contributed by atoms with Gasteiger partial charge in [-0.05, 0) is 31.0 Å². The Morgan fingerprint density at radius 1 is 1.39 bits per heavy atom. The number of nitriles is 1. The van der Waals surface area contributed by atoms with Gasteiger partial charge in [-0.15, -0.1) is 0 Å². The second kappa shape index (κ2) is 7.23. The summed E-state index contributed by atoms with van der Waals surface area (Å²) in [5.41, 5.74) is -0.247. The minimum Gasteiger partial charge on any atom is -0.465 e. The molecule has 1 aromatic carbocycles. The van der Waals surface area contributed by atoms with E-state index in [2.05, 4.69) is 10.3 Å². The van der Waals surface area contributed by atoms with Crippen LogP contribution in [0, 0.1) is 23.0 Å². The van der Waals surface area contributed by atoms with Crippen molar-refractivity contribution in [3.63, 3.8) is 0 Å². The van der Waals surface area contributed by atoms with Crippen LogP contribution in [-0.4, -0.2) is 41.1 Å². The number of aromatic nitrogens is 1.